The highest BCUT2D eigenvalue weighted by molar-refractivity contribution is 7.89. The van der Waals surface area contributed by atoms with Crippen molar-refractivity contribution in [1.29, 1.82) is 0 Å². The maximum absolute atomic E-state index is 14.8. The maximum atomic E-state index is 14.8. The smallest absolute Gasteiger partial charge is 0.240 e. The van der Waals surface area contributed by atoms with E-state index in [1.807, 2.05) is 0 Å². The first-order chi connectivity index (χ1) is 13.3. The van der Waals surface area contributed by atoms with E-state index in [1.54, 1.807) is 30.3 Å². The van der Waals surface area contributed by atoms with Crippen LogP contribution in [0.25, 0.3) is 11.1 Å². The number of sulfonamides is 1. The molecule has 0 atom stereocenters. The van der Waals surface area contributed by atoms with E-state index in [4.69, 9.17) is 11.6 Å². The first kappa shape index (κ1) is 20.1. The zero-order valence-electron chi connectivity index (χ0n) is 14.3. The molecule has 1 N–H and O–H groups in total. The Kier molecular flexibility index (Phi) is 5.88. The molecule has 0 aliphatic carbocycles. The third-order valence-electron chi connectivity index (χ3n) is 4.00. The minimum absolute atomic E-state index is 0.0471. The molecule has 0 saturated heterocycles. The van der Waals surface area contributed by atoms with Gasteiger partial charge in [-0.1, -0.05) is 41.9 Å². The maximum Gasteiger partial charge on any atom is 0.240 e. The van der Waals surface area contributed by atoms with E-state index in [0.29, 0.717) is 10.6 Å². The molecule has 3 aromatic carbocycles. The molecular weight excluding hydrogens is 408 g/mol. The van der Waals surface area contributed by atoms with Gasteiger partial charge in [-0.25, -0.2) is 21.9 Å². The van der Waals surface area contributed by atoms with Crippen LogP contribution < -0.4 is 4.72 Å². The Morgan fingerprint density at radius 2 is 1.57 bits per heavy atom. The fourth-order valence-electron chi connectivity index (χ4n) is 2.59. The first-order valence-corrected chi connectivity index (χ1v) is 9.97. The Morgan fingerprint density at radius 3 is 2.21 bits per heavy atom. The van der Waals surface area contributed by atoms with Crippen LogP contribution in [0.1, 0.15) is 10.4 Å². The molecule has 0 unspecified atom stereocenters. The lowest BCUT2D eigenvalue weighted by molar-refractivity contribution is 0.0989. The van der Waals surface area contributed by atoms with Crippen molar-refractivity contribution in [3.05, 3.63) is 89.0 Å². The summed E-state index contributed by atoms with van der Waals surface area (Å²) in [5, 5.41) is 0.344. The quantitative estimate of drug-likeness (QED) is 0.598. The third kappa shape index (κ3) is 4.27. The van der Waals surface area contributed by atoms with E-state index >= 15 is 0 Å². The molecule has 0 fully saturated rings. The number of nitrogens with one attached hydrogen (secondary N) is 1. The van der Waals surface area contributed by atoms with Gasteiger partial charge in [0, 0.05) is 10.6 Å². The zero-order valence-corrected chi connectivity index (χ0v) is 15.9. The molecule has 28 heavy (non-hydrogen) atoms. The van der Waals surface area contributed by atoms with Crippen molar-refractivity contribution in [2.75, 3.05) is 6.54 Å². The molecule has 144 valence electrons. The Morgan fingerprint density at radius 1 is 0.929 bits per heavy atom. The summed E-state index contributed by atoms with van der Waals surface area (Å²) >= 11 is 5.72. The second kappa shape index (κ2) is 8.18. The number of hydrogen-bond donors (Lipinski definition) is 1. The summed E-state index contributed by atoms with van der Waals surface area (Å²) < 4.78 is 55.5. The van der Waals surface area contributed by atoms with E-state index < -0.39 is 39.5 Å². The molecule has 0 aromatic heterocycles. The molecule has 0 spiro atoms. The zero-order chi connectivity index (χ0) is 20.3. The Bertz CT molecular complexity index is 1120. The van der Waals surface area contributed by atoms with Crippen LogP contribution in [0.3, 0.4) is 0 Å². The summed E-state index contributed by atoms with van der Waals surface area (Å²) in [6.07, 6.45) is 0. The minimum Gasteiger partial charge on any atom is -0.292 e. The monoisotopic (exact) mass is 421 g/mol. The van der Waals surface area contributed by atoms with Gasteiger partial charge in [0.15, 0.2) is 5.78 Å². The van der Waals surface area contributed by atoms with Gasteiger partial charge in [0.25, 0.3) is 0 Å². The number of rotatable bonds is 6. The summed E-state index contributed by atoms with van der Waals surface area (Å²) in [5.74, 6) is -3.12. The summed E-state index contributed by atoms with van der Waals surface area (Å²) in [6.45, 7) is -0.795. The highest BCUT2D eigenvalue weighted by Gasteiger charge is 2.23. The number of Topliss-reactive ketones (excluding diaryl/α,β-unsaturated/α-hetero) is 1. The largest absolute Gasteiger partial charge is 0.292 e. The summed E-state index contributed by atoms with van der Waals surface area (Å²) in [6, 6.07) is 15.8. The summed E-state index contributed by atoms with van der Waals surface area (Å²) in [5.41, 5.74) is -0.276. The lowest BCUT2D eigenvalue weighted by Crippen LogP contribution is -2.30. The van der Waals surface area contributed by atoms with Crippen LogP contribution in [0, 0.1) is 11.6 Å². The minimum atomic E-state index is -4.04. The van der Waals surface area contributed by atoms with Crippen molar-refractivity contribution >= 4 is 27.4 Å². The molecule has 3 rings (SSSR count). The van der Waals surface area contributed by atoms with Crippen molar-refractivity contribution < 1.29 is 22.0 Å². The van der Waals surface area contributed by atoms with Crippen molar-refractivity contribution in [2.45, 2.75) is 4.90 Å². The van der Waals surface area contributed by atoms with Gasteiger partial charge in [-0.15, -0.1) is 0 Å². The van der Waals surface area contributed by atoms with Crippen molar-refractivity contribution in [1.82, 2.24) is 4.72 Å². The average Bonchev–Trinajstić information content (AvgIpc) is 2.67. The van der Waals surface area contributed by atoms with Gasteiger partial charge in [0.1, 0.15) is 11.6 Å². The van der Waals surface area contributed by atoms with Gasteiger partial charge in [0.2, 0.25) is 10.0 Å². The van der Waals surface area contributed by atoms with Crippen LogP contribution in [0.5, 0.6) is 0 Å². The molecule has 0 aliphatic heterocycles. The molecule has 4 nitrogen and oxygen atoms in total. The number of halogens is 3. The number of ketones is 1. The fourth-order valence-corrected chi connectivity index (χ4v) is 3.70. The number of carbonyl (C=O) groups is 1. The van der Waals surface area contributed by atoms with Crippen molar-refractivity contribution in [3.8, 4) is 11.1 Å². The molecule has 0 amide bonds. The Balaban J connectivity index is 1.86. The number of hydrogen-bond acceptors (Lipinski definition) is 3. The van der Waals surface area contributed by atoms with Gasteiger partial charge in [-0.3, -0.25) is 4.79 Å². The first-order valence-electron chi connectivity index (χ1n) is 8.11. The molecule has 0 heterocycles. The fraction of sp³-hybridized carbons (Fsp3) is 0.0500. The summed E-state index contributed by atoms with van der Waals surface area (Å²) in [7, 11) is -4.04. The lowest BCUT2D eigenvalue weighted by atomic mass is 9.99. The van der Waals surface area contributed by atoms with Gasteiger partial charge in [-0.2, -0.15) is 0 Å². The third-order valence-corrected chi connectivity index (χ3v) is 5.67. The van der Waals surface area contributed by atoms with Crippen molar-refractivity contribution in [3.63, 3.8) is 0 Å². The van der Waals surface area contributed by atoms with E-state index in [2.05, 4.69) is 4.72 Å². The normalized spacial score (nSPS) is 11.4. The van der Waals surface area contributed by atoms with Crippen molar-refractivity contribution in [2.24, 2.45) is 0 Å². The molecule has 0 saturated carbocycles. The average molecular weight is 422 g/mol. The summed E-state index contributed by atoms with van der Waals surface area (Å²) in [4.78, 5) is 12.3. The topological polar surface area (TPSA) is 63.2 Å². The van der Waals surface area contributed by atoms with Crippen LogP contribution >= 0.6 is 11.6 Å². The highest BCUT2D eigenvalue weighted by Crippen LogP contribution is 2.27. The van der Waals surface area contributed by atoms with Gasteiger partial charge in [-0.05, 0) is 42.0 Å². The Labute approximate surface area is 165 Å². The van der Waals surface area contributed by atoms with Gasteiger partial charge < -0.3 is 0 Å². The molecular formula is C20H14ClF2NO3S. The number of carbonyl (C=O) groups excluding carboxylic acids is 1. The predicted molar refractivity (Wildman–Crippen MR) is 103 cm³/mol. The molecule has 3 aromatic rings. The SMILES string of the molecule is O=C(CNS(=O)(=O)c1ccc(Cl)cc1)c1c(F)ccc(-c2ccccc2)c1F. The predicted octanol–water partition coefficient (Wildman–Crippen LogP) is 4.45. The highest BCUT2D eigenvalue weighted by atomic mass is 35.5. The van der Waals surface area contributed by atoms with Crippen LogP contribution in [-0.2, 0) is 10.0 Å². The van der Waals surface area contributed by atoms with Crippen LogP contribution in [0.15, 0.2) is 71.6 Å². The van der Waals surface area contributed by atoms with Crippen LogP contribution in [0.2, 0.25) is 5.02 Å². The van der Waals surface area contributed by atoms with Crippen LogP contribution in [0.4, 0.5) is 8.78 Å². The van der Waals surface area contributed by atoms with Gasteiger partial charge >= 0.3 is 0 Å². The Hall–Kier alpha value is -2.61. The van der Waals surface area contributed by atoms with E-state index in [0.717, 1.165) is 6.07 Å². The lowest BCUT2D eigenvalue weighted by Gasteiger charge is -2.10. The van der Waals surface area contributed by atoms with Crippen LogP contribution in [-0.4, -0.2) is 20.7 Å². The second-order valence-electron chi connectivity index (χ2n) is 5.85. The second-order valence-corrected chi connectivity index (χ2v) is 8.05. The standard InChI is InChI=1S/C20H14ClF2NO3S/c21-14-6-8-15(9-7-14)28(26,27)24-12-18(25)19-17(22)11-10-16(20(19)23)13-4-2-1-3-5-13/h1-11,24H,12H2. The molecule has 8 heteroatoms. The van der Waals surface area contributed by atoms with E-state index in [-0.39, 0.29) is 10.5 Å². The van der Waals surface area contributed by atoms with E-state index in [9.17, 15) is 22.0 Å². The molecule has 0 radical (unpaired) electrons. The van der Waals surface area contributed by atoms with Gasteiger partial charge in [0.05, 0.1) is 17.0 Å². The number of benzene rings is 3. The molecule has 0 aliphatic rings. The molecule has 0 bridgehead atoms. The van der Waals surface area contributed by atoms with E-state index in [1.165, 1.54) is 30.3 Å².